The maximum Gasteiger partial charge on any atom is 0.271 e. The molecule has 1 fully saturated rings. The summed E-state index contributed by atoms with van der Waals surface area (Å²) in [5.74, 6) is -0.0883. The molecule has 6 nitrogen and oxygen atoms in total. The fraction of sp³-hybridized carbons (Fsp3) is 0.235. The van der Waals surface area contributed by atoms with Crippen molar-refractivity contribution in [2.75, 3.05) is 18.4 Å². The van der Waals surface area contributed by atoms with E-state index < -0.39 is 0 Å². The number of amides is 1. The van der Waals surface area contributed by atoms with Gasteiger partial charge in [0.15, 0.2) is 0 Å². The monoisotopic (exact) mass is 310 g/mol. The van der Waals surface area contributed by atoms with Crippen LogP contribution in [0.15, 0.2) is 48.0 Å². The molecule has 0 spiro atoms. The highest BCUT2D eigenvalue weighted by Gasteiger charge is 2.29. The van der Waals surface area contributed by atoms with Gasteiger partial charge in [-0.3, -0.25) is 14.6 Å². The maximum atomic E-state index is 12.0. The molecule has 1 amide bonds. The van der Waals surface area contributed by atoms with Crippen molar-refractivity contribution >= 4 is 11.6 Å². The summed E-state index contributed by atoms with van der Waals surface area (Å²) in [4.78, 5) is 32.1. The molecule has 0 aromatic carbocycles. The molecule has 1 aliphatic rings. The van der Waals surface area contributed by atoms with Crippen LogP contribution in [0.3, 0.4) is 0 Å². The number of nitrogens with zero attached hydrogens (tertiary/aromatic N) is 2. The van der Waals surface area contributed by atoms with Gasteiger partial charge in [-0.25, -0.2) is 0 Å². The molecule has 0 unspecified atom stereocenters. The van der Waals surface area contributed by atoms with Crippen LogP contribution in [0, 0.1) is 6.92 Å². The maximum absolute atomic E-state index is 12.0. The second-order valence-corrected chi connectivity index (χ2v) is 5.64. The predicted octanol–water partition coefficient (Wildman–Crippen LogP) is 1.55. The number of hydrogen-bond acceptors (Lipinski definition) is 4. The second-order valence-electron chi connectivity index (χ2n) is 5.64. The standard InChI is InChI=1S/C17H18N4O2/c1-3-16(22)21-9-13(10-21)20-15-7-12(8-19-17(15)23)14-6-11(2)4-5-18-14/h3-8,13,20H,1,9-10H2,2H3,(H,19,23). The van der Waals surface area contributed by atoms with E-state index >= 15 is 0 Å². The molecule has 2 aromatic rings. The van der Waals surface area contributed by atoms with Gasteiger partial charge < -0.3 is 15.2 Å². The fourth-order valence-corrected chi connectivity index (χ4v) is 2.53. The Balaban J connectivity index is 1.76. The lowest BCUT2D eigenvalue weighted by molar-refractivity contribution is -0.129. The summed E-state index contributed by atoms with van der Waals surface area (Å²) in [6.07, 6.45) is 4.70. The lowest BCUT2D eigenvalue weighted by Crippen LogP contribution is -2.56. The number of carbonyl (C=O) groups excluding carboxylic acids is 1. The molecule has 1 saturated heterocycles. The average Bonchev–Trinajstić information content (AvgIpc) is 2.51. The Kier molecular flexibility index (Phi) is 3.97. The first-order valence-electron chi connectivity index (χ1n) is 7.40. The summed E-state index contributed by atoms with van der Waals surface area (Å²) in [6, 6.07) is 5.75. The minimum absolute atomic E-state index is 0.0701. The van der Waals surface area contributed by atoms with Crippen molar-refractivity contribution in [3.8, 4) is 11.3 Å². The fourth-order valence-electron chi connectivity index (χ4n) is 2.53. The van der Waals surface area contributed by atoms with Crippen LogP contribution in [0.25, 0.3) is 11.3 Å². The Morgan fingerprint density at radius 2 is 2.26 bits per heavy atom. The van der Waals surface area contributed by atoms with E-state index in [2.05, 4.69) is 21.9 Å². The van der Waals surface area contributed by atoms with Crippen LogP contribution in [-0.2, 0) is 4.79 Å². The number of nitrogens with one attached hydrogen (secondary N) is 2. The molecule has 0 bridgehead atoms. The number of pyridine rings is 2. The Morgan fingerprint density at radius 3 is 2.96 bits per heavy atom. The molecule has 23 heavy (non-hydrogen) atoms. The lowest BCUT2D eigenvalue weighted by atomic mass is 10.1. The summed E-state index contributed by atoms with van der Waals surface area (Å²) in [5, 5.41) is 3.18. The largest absolute Gasteiger partial charge is 0.374 e. The first kappa shape index (κ1) is 15.0. The van der Waals surface area contributed by atoms with E-state index in [4.69, 9.17) is 0 Å². The van der Waals surface area contributed by atoms with E-state index in [1.54, 1.807) is 23.4 Å². The summed E-state index contributed by atoms with van der Waals surface area (Å²) in [7, 11) is 0. The minimum Gasteiger partial charge on any atom is -0.374 e. The second kappa shape index (κ2) is 6.08. The zero-order chi connectivity index (χ0) is 16.4. The number of hydrogen-bond donors (Lipinski definition) is 2. The molecule has 2 N–H and O–H groups in total. The smallest absolute Gasteiger partial charge is 0.271 e. The predicted molar refractivity (Wildman–Crippen MR) is 89.2 cm³/mol. The van der Waals surface area contributed by atoms with Gasteiger partial charge in [0, 0.05) is 31.0 Å². The number of anilines is 1. The van der Waals surface area contributed by atoms with Crippen molar-refractivity contribution in [1.29, 1.82) is 0 Å². The molecule has 6 heteroatoms. The Labute approximate surface area is 133 Å². The highest BCUT2D eigenvalue weighted by molar-refractivity contribution is 5.87. The van der Waals surface area contributed by atoms with Gasteiger partial charge in [0.1, 0.15) is 5.69 Å². The third-order valence-corrected chi connectivity index (χ3v) is 3.84. The highest BCUT2D eigenvalue weighted by Crippen LogP contribution is 2.20. The van der Waals surface area contributed by atoms with Crippen LogP contribution in [0.4, 0.5) is 5.69 Å². The van der Waals surface area contributed by atoms with Crippen molar-refractivity contribution in [1.82, 2.24) is 14.9 Å². The van der Waals surface area contributed by atoms with E-state index in [0.717, 1.165) is 16.8 Å². The van der Waals surface area contributed by atoms with Crippen molar-refractivity contribution in [2.24, 2.45) is 0 Å². The van der Waals surface area contributed by atoms with Crippen molar-refractivity contribution < 1.29 is 4.79 Å². The van der Waals surface area contributed by atoms with Crippen molar-refractivity contribution in [2.45, 2.75) is 13.0 Å². The van der Waals surface area contributed by atoms with Crippen LogP contribution in [0.1, 0.15) is 5.56 Å². The topological polar surface area (TPSA) is 78.1 Å². The highest BCUT2D eigenvalue weighted by atomic mass is 16.2. The summed E-state index contributed by atoms with van der Waals surface area (Å²) >= 11 is 0. The van der Waals surface area contributed by atoms with Gasteiger partial charge >= 0.3 is 0 Å². The molecule has 3 heterocycles. The van der Waals surface area contributed by atoms with Crippen molar-refractivity contribution in [3.63, 3.8) is 0 Å². The van der Waals surface area contributed by atoms with Gasteiger partial charge in [0.25, 0.3) is 5.56 Å². The van der Waals surface area contributed by atoms with Crippen LogP contribution in [0.2, 0.25) is 0 Å². The van der Waals surface area contributed by atoms with E-state index in [-0.39, 0.29) is 17.5 Å². The summed E-state index contributed by atoms with van der Waals surface area (Å²) < 4.78 is 0. The number of aromatic amines is 1. The van der Waals surface area contributed by atoms with Crippen LogP contribution >= 0.6 is 0 Å². The molecular formula is C17H18N4O2. The van der Waals surface area contributed by atoms with Crippen LogP contribution < -0.4 is 10.9 Å². The SMILES string of the molecule is C=CC(=O)N1CC(Nc2cc(-c3cc(C)ccn3)c[nH]c2=O)C1. The Hall–Kier alpha value is -2.89. The number of rotatable bonds is 4. The van der Waals surface area contributed by atoms with E-state index in [1.165, 1.54) is 6.08 Å². The average molecular weight is 310 g/mol. The molecule has 0 radical (unpaired) electrons. The Bertz CT molecular complexity index is 806. The summed E-state index contributed by atoms with van der Waals surface area (Å²) in [6.45, 7) is 6.59. The van der Waals surface area contributed by atoms with Crippen LogP contribution in [-0.4, -0.2) is 39.9 Å². The van der Waals surface area contributed by atoms with E-state index in [9.17, 15) is 9.59 Å². The number of carbonyl (C=O) groups is 1. The molecule has 118 valence electrons. The number of aromatic nitrogens is 2. The summed E-state index contributed by atoms with van der Waals surface area (Å²) in [5.41, 5.74) is 3.06. The molecule has 1 aliphatic heterocycles. The van der Waals surface area contributed by atoms with Crippen molar-refractivity contribution in [3.05, 3.63) is 59.2 Å². The third kappa shape index (κ3) is 3.15. The molecule has 3 rings (SSSR count). The van der Waals surface area contributed by atoms with E-state index in [0.29, 0.717) is 18.8 Å². The Morgan fingerprint density at radius 1 is 1.48 bits per heavy atom. The van der Waals surface area contributed by atoms with Gasteiger partial charge in [-0.2, -0.15) is 0 Å². The molecule has 0 saturated carbocycles. The molecular weight excluding hydrogens is 292 g/mol. The van der Waals surface area contributed by atoms with Gasteiger partial charge in [-0.05, 0) is 36.8 Å². The van der Waals surface area contributed by atoms with Crippen LogP contribution in [0.5, 0.6) is 0 Å². The first-order chi connectivity index (χ1) is 11.1. The van der Waals surface area contributed by atoms with E-state index in [1.807, 2.05) is 19.1 Å². The normalized spacial score (nSPS) is 14.2. The molecule has 2 aromatic heterocycles. The van der Waals surface area contributed by atoms with Gasteiger partial charge in [-0.15, -0.1) is 0 Å². The zero-order valence-electron chi connectivity index (χ0n) is 12.9. The van der Waals surface area contributed by atoms with Gasteiger partial charge in [-0.1, -0.05) is 6.58 Å². The minimum atomic E-state index is -0.185. The third-order valence-electron chi connectivity index (χ3n) is 3.84. The zero-order valence-corrected chi connectivity index (χ0v) is 12.9. The lowest BCUT2D eigenvalue weighted by Gasteiger charge is -2.39. The number of likely N-dealkylation sites (tertiary alicyclic amines) is 1. The van der Waals surface area contributed by atoms with Gasteiger partial charge in [0.05, 0.1) is 11.7 Å². The number of aryl methyl sites for hydroxylation is 1. The number of H-pyrrole nitrogens is 1. The molecule has 0 aliphatic carbocycles. The molecule has 0 atom stereocenters. The van der Waals surface area contributed by atoms with Gasteiger partial charge in [0.2, 0.25) is 5.91 Å². The first-order valence-corrected chi connectivity index (χ1v) is 7.40. The quantitative estimate of drug-likeness (QED) is 0.840.